The highest BCUT2D eigenvalue weighted by Gasteiger charge is 2.16. The average molecular weight is 631 g/mol. The molecule has 44 heavy (non-hydrogen) atoms. The number of esters is 2. The Morgan fingerprint density at radius 3 is 1.70 bits per heavy atom. The van der Waals surface area contributed by atoms with E-state index >= 15 is 0 Å². The van der Waals surface area contributed by atoms with Crippen molar-refractivity contribution in [1.82, 2.24) is 0 Å². The zero-order valence-corrected chi connectivity index (χ0v) is 25.6. The second-order valence-corrected chi connectivity index (χ2v) is 9.42. The van der Waals surface area contributed by atoms with E-state index in [4.69, 9.17) is 38.0 Å². The maximum absolute atomic E-state index is 11.1. The van der Waals surface area contributed by atoms with Gasteiger partial charge in [0.1, 0.15) is 11.5 Å². The van der Waals surface area contributed by atoms with Crippen LogP contribution < -0.4 is 15.2 Å². The Bertz CT molecular complexity index is 1730. The fourth-order valence-electron chi connectivity index (χ4n) is 4.12. The van der Waals surface area contributed by atoms with E-state index in [0.717, 1.165) is 39.8 Å². The first-order valence-corrected chi connectivity index (χ1v) is 14.3. The Morgan fingerprint density at radius 1 is 0.886 bits per heavy atom. The van der Waals surface area contributed by atoms with Crippen LogP contribution in [0.1, 0.15) is 22.6 Å². The zero-order chi connectivity index (χ0) is 32.6. The SMILES string of the molecule is C=S(=O)=O.COC(=O)COc1cccc2c(CCN)c(C)oc12.COC(=O)COc1cccc2c(CCN=[N+]=[N-])c(C)oc12. The van der Waals surface area contributed by atoms with Crippen LogP contribution in [-0.4, -0.2) is 66.7 Å². The molecule has 0 atom stereocenters. The number of rotatable bonds is 11. The van der Waals surface area contributed by atoms with E-state index in [1.807, 2.05) is 38.1 Å². The number of hydrogen-bond acceptors (Lipinski definition) is 12. The first-order chi connectivity index (χ1) is 21.1. The summed E-state index contributed by atoms with van der Waals surface area (Å²) in [6.07, 6.45) is 1.34. The summed E-state index contributed by atoms with van der Waals surface area (Å²) in [6.45, 7) is 4.34. The summed E-state index contributed by atoms with van der Waals surface area (Å²) < 4.78 is 49.1. The van der Waals surface area contributed by atoms with Gasteiger partial charge in [-0.2, -0.15) is 8.42 Å². The van der Waals surface area contributed by atoms with Crippen LogP contribution in [-0.2, 0) is 42.2 Å². The molecule has 0 saturated carbocycles. The van der Waals surface area contributed by atoms with Gasteiger partial charge in [0.05, 0.1) is 14.2 Å². The maximum atomic E-state index is 11.1. The van der Waals surface area contributed by atoms with Crippen LogP contribution in [0.25, 0.3) is 32.4 Å². The van der Waals surface area contributed by atoms with Gasteiger partial charge in [-0.05, 0) is 50.9 Å². The third kappa shape index (κ3) is 10.1. The second kappa shape index (κ2) is 17.9. The minimum atomic E-state index is -2.11. The number of benzene rings is 2. The summed E-state index contributed by atoms with van der Waals surface area (Å²) in [5.41, 5.74) is 17.2. The molecular weight excluding hydrogens is 596 g/mol. The average Bonchev–Trinajstić information content (AvgIpc) is 3.50. The van der Waals surface area contributed by atoms with Crippen LogP contribution in [0.2, 0.25) is 0 Å². The van der Waals surface area contributed by atoms with E-state index in [1.54, 1.807) is 12.1 Å². The van der Waals surface area contributed by atoms with Gasteiger partial charge >= 0.3 is 11.9 Å². The van der Waals surface area contributed by atoms with E-state index in [-0.39, 0.29) is 13.2 Å². The highest BCUT2D eigenvalue weighted by Crippen LogP contribution is 2.34. The molecule has 0 bridgehead atoms. The molecule has 0 aliphatic rings. The predicted octanol–water partition coefficient (Wildman–Crippen LogP) is 4.24. The van der Waals surface area contributed by atoms with E-state index in [9.17, 15) is 9.59 Å². The first kappa shape index (κ1) is 35.2. The Labute approximate surface area is 254 Å². The van der Waals surface area contributed by atoms with Crippen molar-refractivity contribution in [3.05, 3.63) is 69.5 Å². The van der Waals surface area contributed by atoms with Gasteiger partial charge in [0.25, 0.3) is 0 Å². The van der Waals surface area contributed by atoms with Gasteiger partial charge in [-0.3, -0.25) is 0 Å². The quantitative estimate of drug-likeness (QED) is 0.0815. The smallest absolute Gasteiger partial charge is 0.343 e. The lowest BCUT2D eigenvalue weighted by atomic mass is 10.1. The fraction of sp³-hybridized carbons (Fsp3) is 0.345. The van der Waals surface area contributed by atoms with Crippen molar-refractivity contribution < 1.29 is 45.8 Å². The summed E-state index contributed by atoms with van der Waals surface area (Å²) in [6, 6.07) is 11.0. The number of nitrogens with zero attached hydrogens (tertiary/aromatic N) is 3. The summed E-state index contributed by atoms with van der Waals surface area (Å²) in [4.78, 5) is 25.0. The summed E-state index contributed by atoms with van der Waals surface area (Å²) >= 11 is 0. The number of carbonyl (C=O) groups excluding carboxylic acids is 2. The van der Waals surface area contributed by atoms with E-state index < -0.39 is 22.2 Å². The van der Waals surface area contributed by atoms with Crippen LogP contribution in [0.3, 0.4) is 0 Å². The standard InChI is InChI=1S/C14H15N3O4.C14H17NO4.CH2O2S/c1-9-10(6-7-16-17-15)11-4-3-5-12(14(11)21-9)20-8-13(18)19-2;1-9-10(6-7-15)11-4-3-5-12(14(11)19-9)18-8-13(16)17-2;1-4(2)3/h3-5H,6-8H2,1-2H3;3-5H,6-8,15H2,1-2H3;1H2. The Balaban J connectivity index is 0.000000275. The molecule has 0 aliphatic carbocycles. The molecule has 2 aromatic carbocycles. The molecule has 0 radical (unpaired) electrons. The van der Waals surface area contributed by atoms with Crippen LogP contribution in [0, 0.1) is 13.8 Å². The van der Waals surface area contributed by atoms with Gasteiger partial charge in [-0.1, -0.05) is 29.4 Å². The molecule has 14 nitrogen and oxygen atoms in total. The lowest BCUT2D eigenvalue weighted by molar-refractivity contribution is -0.143. The number of hydrogen-bond donors (Lipinski definition) is 1. The van der Waals surface area contributed by atoms with Crippen molar-refractivity contribution in [2.24, 2.45) is 10.8 Å². The predicted molar refractivity (Wildman–Crippen MR) is 163 cm³/mol. The molecule has 0 saturated heterocycles. The third-order valence-corrected chi connectivity index (χ3v) is 6.03. The van der Waals surface area contributed by atoms with Gasteiger partial charge in [0.2, 0.25) is 10.3 Å². The number of methoxy groups -OCH3 is 2. The van der Waals surface area contributed by atoms with Crippen LogP contribution >= 0.6 is 0 Å². The molecule has 0 spiro atoms. The van der Waals surface area contributed by atoms with Crippen LogP contribution in [0.15, 0.2) is 50.3 Å². The number of aryl methyl sites for hydroxylation is 2. The molecular formula is C29H34N4O10S. The molecule has 0 aliphatic heterocycles. The molecule has 0 unspecified atom stereocenters. The Hall–Kier alpha value is -4.98. The normalized spacial score (nSPS) is 10.0. The van der Waals surface area contributed by atoms with E-state index in [0.29, 0.717) is 42.2 Å². The lowest BCUT2D eigenvalue weighted by Gasteiger charge is -2.05. The van der Waals surface area contributed by atoms with Crippen molar-refractivity contribution in [2.45, 2.75) is 26.7 Å². The Kier molecular flexibility index (Phi) is 14.3. The van der Waals surface area contributed by atoms with E-state index in [2.05, 4.69) is 25.4 Å². The molecule has 0 fully saturated rings. The van der Waals surface area contributed by atoms with Gasteiger partial charge in [0, 0.05) is 39.2 Å². The molecule has 4 aromatic rings. The number of carbonyl (C=O) groups is 2. The lowest BCUT2D eigenvalue weighted by Crippen LogP contribution is -2.12. The summed E-state index contributed by atoms with van der Waals surface area (Å²) in [5, 5.41) is 5.40. The third-order valence-electron chi connectivity index (χ3n) is 6.03. The molecule has 2 aromatic heterocycles. The van der Waals surface area contributed by atoms with Crippen molar-refractivity contribution >= 4 is 50.0 Å². The van der Waals surface area contributed by atoms with Gasteiger partial charge in [0.15, 0.2) is 35.9 Å². The van der Waals surface area contributed by atoms with Gasteiger partial charge < -0.3 is 33.5 Å². The molecule has 236 valence electrons. The number of ether oxygens (including phenoxy) is 4. The highest BCUT2D eigenvalue weighted by molar-refractivity contribution is 7.70. The van der Waals surface area contributed by atoms with Crippen molar-refractivity contribution in [1.29, 1.82) is 0 Å². The first-order valence-electron chi connectivity index (χ1n) is 13.1. The second-order valence-electron chi connectivity index (χ2n) is 8.82. The van der Waals surface area contributed by atoms with Gasteiger partial charge in [-0.25, -0.2) is 9.59 Å². The molecule has 15 heteroatoms. The van der Waals surface area contributed by atoms with Crippen LogP contribution in [0.5, 0.6) is 11.5 Å². The highest BCUT2D eigenvalue weighted by atomic mass is 32.2. The number of nitrogens with two attached hydrogens (primary N) is 1. The maximum Gasteiger partial charge on any atom is 0.343 e. The molecule has 0 amide bonds. The zero-order valence-electron chi connectivity index (χ0n) is 24.8. The van der Waals surface area contributed by atoms with Gasteiger partial charge in [-0.15, -0.1) is 0 Å². The van der Waals surface area contributed by atoms with Crippen molar-refractivity contribution in [3.63, 3.8) is 0 Å². The minimum absolute atomic E-state index is 0.137. The number of fused-ring (bicyclic) bond motifs is 2. The van der Waals surface area contributed by atoms with Crippen molar-refractivity contribution in [3.8, 4) is 11.5 Å². The Morgan fingerprint density at radius 2 is 1.32 bits per heavy atom. The van der Waals surface area contributed by atoms with Crippen LogP contribution in [0.4, 0.5) is 0 Å². The number of furan rings is 2. The molecule has 4 rings (SSSR count). The summed E-state index contributed by atoms with van der Waals surface area (Å²) in [5.74, 6) is 4.26. The minimum Gasteiger partial charge on any atom is -0.478 e. The monoisotopic (exact) mass is 630 g/mol. The van der Waals surface area contributed by atoms with Crippen molar-refractivity contribution in [2.75, 3.05) is 40.5 Å². The number of azide groups is 1. The van der Waals surface area contributed by atoms with E-state index in [1.165, 1.54) is 14.2 Å². The summed E-state index contributed by atoms with van der Waals surface area (Å²) in [7, 11) is 0.514. The largest absolute Gasteiger partial charge is 0.478 e. The molecule has 2 N–H and O–H groups in total. The number of para-hydroxylation sites is 2. The fourth-order valence-corrected chi connectivity index (χ4v) is 4.12. The topological polar surface area (TPSA) is 206 Å². The molecule has 2 heterocycles.